The number of aromatic nitrogens is 8. The number of hydrogen-bond acceptors (Lipinski definition) is 33. The SMILES string of the molecule is CCc1c2c(nc3ccc(O)cc13)-c1cc3c(c(=O)n1C2)COC(=O)C3(O)CC.CCc1c2c(nc3ccc(OC(=O)NCCCCN=C=O)cc13)-c1cc3c(c(=O)n1C2)COC(=O)C3(O)CC.CCc1c2c(nc3ccc(OC(=O)NCCCCNC(=O)Oc4ccc5nc6c(c(CC)c5c4)Cn4c-6cc5c(c4=O)COC(=O)C5(O)CC)cc13)-c1cc3c(c(=O)n1C2)COC(=O)C3(O)CC.O=C=NCCCCN=C=O.[2H]CF. The van der Waals surface area contributed by atoms with E-state index in [1.165, 1.54) is 18.2 Å². The molecule has 4 aromatic carbocycles. The number of pyridine rings is 8. The molecule has 0 fully saturated rings. The van der Waals surface area contributed by atoms with Gasteiger partial charge in [0.15, 0.2) is 22.4 Å². The van der Waals surface area contributed by atoms with Gasteiger partial charge < -0.3 is 92.9 Å². The van der Waals surface area contributed by atoms with E-state index in [2.05, 4.69) is 30.9 Å². The van der Waals surface area contributed by atoms with Crippen LogP contribution in [0.3, 0.4) is 0 Å². The second-order valence-electron chi connectivity index (χ2n) is 36.2. The Bertz CT molecular complexity index is 7720. The normalized spacial score (nSPS) is 17.5. The van der Waals surface area contributed by atoms with Crippen molar-refractivity contribution in [1.82, 2.24) is 54.2 Å². The molecule has 0 saturated carbocycles. The minimum absolute atomic E-state index is 0.0462. The molecule has 8 aliphatic rings. The summed E-state index contributed by atoms with van der Waals surface area (Å²) < 4.78 is 59.3. The molecule has 8 aliphatic heterocycles. The minimum Gasteiger partial charge on any atom is -0.508 e. The first-order valence-corrected chi connectivity index (χ1v) is 48.8. The molecule has 16 heterocycles. The fourth-order valence-electron chi connectivity index (χ4n) is 20.5. The van der Waals surface area contributed by atoms with Gasteiger partial charge in [0.1, 0.15) is 49.4 Å². The zero-order valence-corrected chi connectivity index (χ0v) is 82.4. The molecular formula is C107H107FN14O26. The molecule has 4 atom stereocenters. The summed E-state index contributed by atoms with van der Waals surface area (Å²) in [5.41, 5.74) is 7.98. The highest BCUT2D eigenvalue weighted by Crippen LogP contribution is 2.48. The number of ether oxygens (including phenoxy) is 7. The van der Waals surface area contributed by atoms with Crippen molar-refractivity contribution in [3.8, 4) is 68.5 Å². The summed E-state index contributed by atoms with van der Waals surface area (Å²) in [6.07, 6.45) is 9.16. The number of nitrogens with one attached hydrogen (secondary N) is 3. The summed E-state index contributed by atoms with van der Waals surface area (Å²) in [4.78, 5) is 200. The van der Waals surface area contributed by atoms with Gasteiger partial charge in [-0.2, -0.15) is 0 Å². The van der Waals surface area contributed by atoms with Crippen molar-refractivity contribution in [2.45, 2.75) is 220 Å². The van der Waals surface area contributed by atoms with Crippen LogP contribution >= 0.6 is 0 Å². The summed E-state index contributed by atoms with van der Waals surface area (Å²) >= 11 is 0. The van der Waals surface area contributed by atoms with Gasteiger partial charge in [-0.3, -0.25) is 23.6 Å². The number of aliphatic imine (C=N–C) groups is 3. The predicted molar refractivity (Wildman–Crippen MR) is 533 cm³/mol. The monoisotopic (exact) mass is 2020 g/mol. The number of nitrogens with zero attached hydrogens (tertiary/aromatic N) is 11. The zero-order chi connectivity index (χ0) is 106. The van der Waals surface area contributed by atoms with Crippen LogP contribution in [0, 0.1) is 0 Å². The van der Waals surface area contributed by atoms with Gasteiger partial charge >= 0.3 is 42.2 Å². The number of phenolic OH excluding ortho intramolecular Hbond substituents is 1. The van der Waals surface area contributed by atoms with Crippen LogP contribution in [0.5, 0.6) is 23.0 Å². The Labute approximate surface area is 844 Å². The van der Waals surface area contributed by atoms with Gasteiger partial charge in [0.25, 0.3) is 22.2 Å². The third-order valence-electron chi connectivity index (χ3n) is 28.3. The molecule has 0 radical (unpaired) electrons. The average Bonchev–Trinajstić information content (AvgIpc) is 1.59. The lowest BCUT2D eigenvalue weighted by Gasteiger charge is -2.31. The molecule has 20 rings (SSSR count). The smallest absolute Gasteiger partial charge is 0.412 e. The first-order chi connectivity index (χ1) is 71.7. The van der Waals surface area contributed by atoms with Crippen molar-refractivity contribution >= 4 is 104 Å². The van der Waals surface area contributed by atoms with Gasteiger partial charge in [-0.25, -0.2) is 82.9 Å². The Morgan fingerprint density at radius 2 is 0.615 bits per heavy atom. The molecular weight excluding hydrogens is 1920 g/mol. The lowest BCUT2D eigenvalue weighted by atomic mass is 9.86. The number of esters is 4. The van der Waals surface area contributed by atoms with Crippen LogP contribution in [0.25, 0.3) is 89.2 Å². The second kappa shape index (κ2) is 43.6. The van der Waals surface area contributed by atoms with E-state index in [9.17, 15) is 97.0 Å². The topological polar surface area (TPSA) is 549 Å². The summed E-state index contributed by atoms with van der Waals surface area (Å²) in [5.74, 6) is -1.92. The minimum atomic E-state index is -1.92. The molecule has 40 nitrogen and oxygen atoms in total. The number of rotatable bonds is 26. The van der Waals surface area contributed by atoms with Crippen molar-refractivity contribution in [3.05, 3.63) is 227 Å². The van der Waals surface area contributed by atoms with Crippen molar-refractivity contribution < 1.29 is 112 Å². The van der Waals surface area contributed by atoms with Crippen LogP contribution in [-0.4, -0.2) is 171 Å². The highest BCUT2D eigenvalue weighted by Gasteiger charge is 2.51. The van der Waals surface area contributed by atoms with Crippen molar-refractivity contribution in [1.29, 1.82) is 0 Å². The number of aryl methyl sites for hydroxylation is 4. The maximum absolute atomic E-state index is 13.7. The highest BCUT2D eigenvalue weighted by atomic mass is 19.1. The summed E-state index contributed by atoms with van der Waals surface area (Å²) in [6.45, 7) is 17.3. The zero-order valence-electron chi connectivity index (χ0n) is 83.4. The number of hydrogen-bond donors (Lipinski definition) is 8. The van der Waals surface area contributed by atoms with Gasteiger partial charge in [-0.05, 0) is 209 Å². The third kappa shape index (κ3) is 19.1. The number of unbranched alkanes of at least 4 members (excludes halogenated alkanes) is 3. The van der Waals surface area contributed by atoms with E-state index in [0.717, 1.165) is 84.4 Å². The van der Waals surface area contributed by atoms with E-state index in [0.29, 0.717) is 181 Å². The Morgan fingerprint density at radius 1 is 0.378 bits per heavy atom. The fourth-order valence-corrected chi connectivity index (χ4v) is 20.5. The standard InChI is InChI=1S/C50H48N6O12.C28H28N4O7.C22H20N2O5.C6H8N2O2.CH3F/c1-5-27-29-17-25(11-13-37(29)53-41-31(27)21-55-39(41)19-35-33(43(55)57)23-65-45(59)49(35,63)7-3)67-47(61)51-15-9-10-16-52-48(62)68-26-12-14-38-30(18-26)28(6-2)32-22-56-40(42(32)54-38)20-36-34(44(56)58)24-66-46(60)50(36,64)8-4;1-3-17-18-11-16(39-27(36)30-10-6-5-9-29-15-33)7-8-22(18)31-24-19(17)13-32-23(24)12-21-20(25(32)34)14-38-26(35)28(21,37)4-2;1-3-12-13-7-11(25)5-6-17(13)23-19-14(12)9-24-18(19)8-16-15(20(24)26)10-29-21(27)22(16,28)4-2;9-5-7-3-1-2-4-8-6-10;1-2/h11-14,17-20,63-64H,5-10,15-16,21-24H2,1-4H3,(H,51,61)(H,52,62);7-8,11-12,37H,3-6,9-10,13-14H2,1-2H3,(H,30,36);5-8,25,28H,3-4,9-10H2,1-2H3;1-4H2;1H3/i;;;;1D. The van der Waals surface area contributed by atoms with Gasteiger partial charge in [0.2, 0.25) is 18.2 Å². The predicted octanol–water partition coefficient (Wildman–Crippen LogP) is 11.5. The average molecular weight is 2030 g/mol. The van der Waals surface area contributed by atoms with Crippen LogP contribution in [0.4, 0.5) is 18.8 Å². The molecule has 0 aliphatic carbocycles. The molecule has 8 aromatic heterocycles. The van der Waals surface area contributed by atoms with E-state index in [1.807, 2.05) is 27.7 Å². The third-order valence-corrected chi connectivity index (χ3v) is 28.3. The highest BCUT2D eigenvalue weighted by molar-refractivity contribution is 5.96. The quantitative estimate of drug-likeness (QED) is 0.00820. The summed E-state index contributed by atoms with van der Waals surface area (Å²) in [5, 5.41) is 65.7. The van der Waals surface area contributed by atoms with Crippen molar-refractivity contribution in [2.24, 2.45) is 15.0 Å². The lowest BCUT2D eigenvalue weighted by molar-refractivity contribution is -0.172. The number of halogens is 1. The molecule has 0 saturated heterocycles. The molecule has 0 spiro atoms. The maximum atomic E-state index is 13.7. The van der Waals surface area contributed by atoms with E-state index < -0.39 is 71.7 Å². The van der Waals surface area contributed by atoms with Gasteiger partial charge in [0.05, 0.1) is 144 Å². The number of aromatic hydroxyl groups is 1. The first-order valence-electron chi connectivity index (χ1n) is 49.5. The molecule has 3 amide bonds. The van der Waals surface area contributed by atoms with E-state index in [1.54, 1.807) is 143 Å². The Kier molecular flexibility index (Phi) is 30.4. The number of benzene rings is 4. The molecule has 768 valence electrons. The number of carbonyl (C=O) groups is 7. The molecule has 8 N–H and O–H groups in total. The maximum Gasteiger partial charge on any atom is 0.412 e. The van der Waals surface area contributed by atoms with Crippen LogP contribution < -0.4 is 52.4 Å². The molecule has 4 unspecified atom stereocenters. The second-order valence-corrected chi connectivity index (χ2v) is 36.2. The Morgan fingerprint density at radius 3 is 0.858 bits per heavy atom. The fraction of sp³-hybridized carbons (Fsp3) is 0.383. The van der Waals surface area contributed by atoms with Gasteiger partial charge in [0, 0.05) is 85.7 Å². The number of cyclic esters (lactones) is 4. The van der Waals surface area contributed by atoms with Crippen LogP contribution in [0.2, 0.25) is 0 Å². The van der Waals surface area contributed by atoms with E-state index in [4.69, 9.17) is 54.5 Å². The first kappa shape index (κ1) is 103. The van der Waals surface area contributed by atoms with Crippen LogP contribution in [-0.2, 0) is 153 Å². The number of fused-ring (bicyclic) bond motifs is 20. The molecule has 12 aromatic rings. The summed E-state index contributed by atoms with van der Waals surface area (Å²) in [7, 11) is -1.00. The number of isocyanates is 3. The number of phenols is 1. The summed E-state index contributed by atoms with van der Waals surface area (Å²) in [6, 6.07) is 27.2. The Hall–Kier alpha value is -16.3. The van der Waals surface area contributed by atoms with Gasteiger partial charge in [-0.15, -0.1) is 0 Å². The van der Waals surface area contributed by atoms with E-state index >= 15 is 0 Å². The number of aliphatic hydroxyl groups is 4. The lowest BCUT2D eigenvalue weighted by Crippen LogP contribution is -2.44. The van der Waals surface area contributed by atoms with Crippen molar-refractivity contribution in [3.63, 3.8) is 0 Å². The van der Waals surface area contributed by atoms with Crippen LogP contribution in [0.1, 0.15) is 210 Å². The molecule has 41 heteroatoms. The number of carbonyl (C=O) groups excluding carboxylic acids is 10. The molecule has 0 bridgehead atoms. The van der Waals surface area contributed by atoms with Gasteiger partial charge in [-0.1, -0.05) is 55.4 Å². The Balaban J connectivity index is 0.000000164. The molecule has 148 heavy (non-hydrogen) atoms. The van der Waals surface area contributed by atoms with Crippen molar-refractivity contribution in [2.75, 3.05) is 46.4 Å². The van der Waals surface area contributed by atoms with Crippen LogP contribution in [0.15, 0.2) is 131 Å². The number of amides is 3. The van der Waals surface area contributed by atoms with E-state index in [-0.39, 0.29) is 140 Å². The number of alkyl halides is 1. The largest absolute Gasteiger partial charge is 0.508 e.